The van der Waals surface area contributed by atoms with Gasteiger partial charge in [-0.2, -0.15) is 0 Å². The largest absolute Gasteiger partial charge is 0.497 e. The van der Waals surface area contributed by atoms with E-state index in [0.717, 1.165) is 50.3 Å². The molecule has 0 aliphatic carbocycles. The Hall–Kier alpha value is -4.45. The second-order valence-electron chi connectivity index (χ2n) is 8.03. The Morgan fingerprint density at radius 2 is 1.51 bits per heavy atom. The van der Waals surface area contributed by atoms with Crippen molar-refractivity contribution in [2.45, 2.75) is 6.61 Å². The van der Waals surface area contributed by atoms with E-state index in [2.05, 4.69) is 16.0 Å². The zero-order chi connectivity index (χ0) is 24.2. The summed E-state index contributed by atoms with van der Waals surface area (Å²) in [5.74, 6) is 2.98. The predicted molar refractivity (Wildman–Crippen MR) is 137 cm³/mol. The molecule has 2 heterocycles. The number of hydrogen-bond acceptors (Lipinski definition) is 5. The van der Waals surface area contributed by atoms with Gasteiger partial charge in [-0.25, -0.2) is 4.98 Å². The normalized spacial score (nSPS) is 10.8. The summed E-state index contributed by atoms with van der Waals surface area (Å²) in [6, 6.07) is 23.8. The molecule has 6 nitrogen and oxygen atoms in total. The Balaban J connectivity index is 1.44. The van der Waals surface area contributed by atoms with Crippen molar-refractivity contribution in [3.63, 3.8) is 0 Å². The quantitative estimate of drug-likeness (QED) is 0.283. The van der Waals surface area contributed by atoms with Crippen LogP contribution in [0.25, 0.3) is 33.3 Å². The summed E-state index contributed by atoms with van der Waals surface area (Å²) in [5.41, 5.74) is 5.88. The van der Waals surface area contributed by atoms with Gasteiger partial charge in [0.1, 0.15) is 23.8 Å². The van der Waals surface area contributed by atoms with Crippen LogP contribution in [0.5, 0.6) is 23.0 Å². The first-order valence-corrected chi connectivity index (χ1v) is 11.2. The third-order valence-electron chi connectivity index (χ3n) is 5.98. The number of methoxy groups -OCH3 is 3. The van der Waals surface area contributed by atoms with E-state index >= 15 is 0 Å². The summed E-state index contributed by atoms with van der Waals surface area (Å²) in [6.45, 7) is 0.429. The fraction of sp³-hybridized carbons (Fsp3) is 0.138. The molecule has 2 aromatic heterocycles. The highest BCUT2D eigenvalue weighted by Gasteiger charge is 2.14. The van der Waals surface area contributed by atoms with Crippen molar-refractivity contribution in [3.05, 3.63) is 90.8 Å². The molecule has 1 N–H and O–H groups in total. The molecule has 0 saturated heterocycles. The van der Waals surface area contributed by atoms with Gasteiger partial charge in [-0.3, -0.25) is 0 Å². The number of fused-ring (bicyclic) bond motifs is 1. The molecule has 3 aromatic carbocycles. The van der Waals surface area contributed by atoms with Gasteiger partial charge in [0.2, 0.25) is 0 Å². The molecule has 35 heavy (non-hydrogen) atoms. The van der Waals surface area contributed by atoms with Crippen LogP contribution in [0, 0.1) is 0 Å². The number of aromatic nitrogens is 2. The highest BCUT2D eigenvalue weighted by molar-refractivity contribution is 5.97. The molecule has 0 spiro atoms. The summed E-state index contributed by atoms with van der Waals surface area (Å²) in [5, 5.41) is 1.02. The molecule has 5 aromatic rings. The number of ether oxygens (including phenoxy) is 4. The highest BCUT2D eigenvalue weighted by Crippen LogP contribution is 2.37. The van der Waals surface area contributed by atoms with Gasteiger partial charge < -0.3 is 23.9 Å². The Bertz CT molecular complexity index is 1460. The van der Waals surface area contributed by atoms with Crippen molar-refractivity contribution in [2.75, 3.05) is 21.3 Å². The number of pyridine rings is 1. The fourth-order valence-electron chi connectivity index (χ4n) is 4.10. The van der Waals surface area contributed by atoms with E-state index < -0.39 is 0 Å². The summed E-state index contributed by atoms with van der Waals surface area (Å²) >= 11 is 0. The molecule has 0 aliphatic heterocycles. The Morgan fingerprint density at radius 1 is 0.714 bits per heavy atom. The average molecular weight is 467 g/mol. The smallest absolute Gasteiger partial charge is 0.161 e. The minimum absolute atomic E-state index is 0.429. The van der Waals surface area contributed by atoms with Gasteiger partial charge >= 0.3 is 0 Å². The SMILES string of the molecule is COc1ccc(COc2ccc(-c3cnc4[nH]cc(-c5ccccc5OC)c4c3)cc2OC)cc1. The zero-order valence-corrected chi connectivity index (χ0v) is 19.9. The molecule has 0 amide bonds. The fourth-order valence-corrected chi connectivity index (χ4v) is 4.10. The molecular formula is C29H26N2O4. The van der Waals surface area contributed by atoms with E-state index in [1.165, 1.54) is 0 Å². The monoisotopic (exact) mass is 466 g/mol. The van der Waals surface area contributed by atoms with Crippen LogP contribution >= 0.6 is 0 Å². The van der Waals surface area contributed by atoms with Crippen LogP contribution in [-0.4, -0.2) is 31.3 Å². The van der Waals surface area contributed by atoms with E-state index in [-0.39, 0.29) is 0 Å². The third-order valence-corrected chi connectivity index (χ3v) is 5.98. The maximum Gasteiger partial charge on any atom is 0.161 e. The van der Waals surface area contributed by atoms with Crippen LogP contribution in [-0.2, 0) is 6.61 Å². The maximum absolute atomic E-state index is 6.04. The molecule has 5 rings (SSSR count). The van der Waals surface area contributed by atoms with E-state index in [9.17, 15) is 0 Å². The Morgan fingerprint density at radius 3 is 2.29 bits per heavy atom. The first kappa shape index (κ1) is 22.3. The zero-order valence-electron chi connectivity index (χ0n) is 19.9. The number of benzene rings is 3. The molecule has 0 saturated carbocycles. The molecule has 6 heteroatoms. The average Bonchev–Trinajstić information content (AvgIpc) is 3.35. The molecule has 0 atom stereocenters. The molecule has 176 valence electrons. The van der Waals surface area contributed by atoms with Gasteiger partial charge in [-0.15, -0.1) is 0 Å². The minimum Gasteiger partial charge on any atom is -0.497 e. The summed E-state index contributed by atoms with van der Waals surface area (Å²) < 4.78 is 22.5. The van der Waals surface area contributed by atoms with Crippen LogP contribution < -0.4 is 18.9 Å². The van der Waals surface area contributed by atoms with Crippen LogP contribution in [0.15, 0.2) is 85.2 Å². The second-order valence-corrected chi connectivity index (χ2v) is 8.03. The van der Waals surface area contributed by atoms with E-state index in [1.807, 2.05) is 79.1 Å². The lowest BCUT2D eigenvalue weighted by Gasteiger charge is -2.13. The lowest BCUT2D eigenvalue weighted by atomic mass is 10.0. The van der Waals surface area contributed by atoms with Crippen molar-refractivity contribution >= 4 is 11.0 Å². The summed E-state index contributed by atoms with van der Waals surface area (Å²) in [4.78, 5) is 7.92. The van der Waals surface area contributed by atoms with E-state index in [4.69, 9.17) is 18.9 Å². The number of nitrogens with one attached hydrogen (secondary N) is 1. The first-order chi connectivity index (χ1) is 17.2. The Kier molecular flexibility index (Phi) is 6.26. The van der Waals surface area contributed by atoms with Crippen molar-refractivity contribution in [2.24, 2.45) is 0 Å². The van der Waals surface area contributed by atoms with Gasteiger partial charge in [-0.05, 0) is 47.5 Å². The molecule has 0 aliphatic rings. The van der Waals surface area contributed by atoms with Crippen molar-refractivity contribution < 1.29 is 18.9 Å². The first-order valence-electron chi connectivity index (χ1n) is 11.2. The van der Waals surface area contributed by atoms with Crippen LogP contribution in [0.1, 0.15) is 5.56 Å². The van der Waals surface area contributed by atoms with Crippen molar-refractivity contribution in [3.8, 4) is 45.3 Å². The summed E-state index contributed by atoms with van der Waals surface area (Å²) in [6.07, 6.45) is 3.83. The van der Waals surface area contributed by atoms with Gasteiger partial charge in [0.05, 0.1) is 21.3 Å². The van der Waals surface area contributed by atoms with Gasteiger partial charge in [0, 0.05) is 34.5 Å². The molecule has 0 radical (unpaired) electrons. The number of H-pyrrole nitrogens is 1. The van der Waals surface area contributed by atoms with Crippen molar-refractivity contribution in [1.29, 1.82) is 0 Å². The maximum atomic E-state index is 6.04. The van der Waals surface area contributed by atoms with Gasteiger partial charge in [0.15, 0.2) is 11.5 Å². The highest BCUT2D eigenvalue weighted by atomic mass is 16.5. The number of hydrogen-bond donors (Lipinski definition) is 1. The molecule has 0 unspecified atom stereocenters. The van der Waals surface area contributed by atoms with Crippen LogP contribution in [0.2, 0.25) is 0 Å². The standard InChI is InChI=1S/C29H26N2O4/c1-32-22-11-8-19(9-12-22)18-35-27-13-10-20(15-28(27)34-3)21-14-24-25(17-31-29(24)30-16-21)23-6-4-5-7-26(23)33-2/h4-17H,18H2,1-3H3,(H,30,31). The van der Waals surface area contributed by atoms with Gasteiger partial charge in [0.25, 0.3) is 0 Å². The third kappa shape index (κ3) is 4.51. The number of para-hydroxylation sites is 1. The second kappa shape index (κ2) is 9.81. The molecular weight excluding hydrogens is 440 g/mol. The van der Waals surface area contributed by atoms with Crippen LogP contribution in [0.3, 0.4) is 0 Å². The van der Waals surface area contributed by atoms with E-state index in [1.54, 1.807) is 21.3 Å². The molecule has 0 bridgehead atoms. The lowest BCUT2D eigenvalue weighted by molar-refractivity contribution is 0.284. The number of nitrogens with zero attached hydrogens (tertiary/aromatic N) is 1. The van der Waals surface area contributed by atoms with Crippen LogP contribution in [0.4, 0.5) is 0 Å². The number of rotatable bonds is 8. The van der Waals surface area contributed by atoms with Gasteiger partial charge in [-0.1, -0.05) is 36.4 Å². The summed E-state index contributed by atoms with van der Waals surface area (Å²) in [7, 11) is 4.98. The number of aromatic amines is 1. The lowest BCUT2D eigenvalue weighted by Crippen LogP contribution is -1.98. The topological polar surface area (TPSA) is 65.6 Å². The van der Waals surface area contributed by atoms with E-state index in [0.29, 0.717) is 18.1 Å². The predicted octanol–water partition coefficient (Wildman–Crippen LogP) is 6.50. The molecule has 0 fully saturated rings. The minimum atomic E-state index is 0.429. The Labute approximate surface area is 204 Å². The van der Waals surface area contributed by atoms with Crippen molar-refractivity contribution in [1.82, 2.24) is 9.97 Å².